The van der Waals surface area contributed by atoms with Crippen LogP contribution >= 0.6 is 0 Å². The Morgan fingerprint density at radius 1 is 0.900 bits per heavy atom. The van der Waals surface area contributed by atoms with Gasteiger partial charge in [0.15, 0.2) is 0 Å². The van der Waals surface area contributed by atoms with Gasteiger partial charge in [0.05, 0.1) is 0 Å². The third-order valence-electron chi connectivity index (χ3n) is 3.04. The molecule has 0 amide bonds. The average Bonchev–Trinajstić information content (AvgIpc) is 2.38. The van der Waals surface area contributed by atoms with Crippen LogP contribution in [0.3, 0.4) is 0 Å². The van der Waals surface area contributed by atoms with E-state index in [0.717, 1.165) is 18.9 Å². The number of ether oxygens (including phenoxy) is 1. The molecule has 1 nitrogen and oxygen atoms in total. The molecule has 0 heterocycles. The second-order valence-corrected chi connectivity index (χ2v) is 4.81. The number of halogens is 2. The van der Waals surface area contributed by atoms with Crippen LogP contribution in [0.2, 0.25) is 0 Å². The molecular formula is C17H18F2O. The molecule has 0 unspecified atom stereocenters. The fraction of sp³-hybridized carbons (Fsp3) is 0.294. The Bertz CT molecular complexity index is 546. The molecule has 0 radical (unpaired) electrons. The van der Waals surface area contributed by atoms with E-state index < -0.39 is 11.6 Å². The molecule has 0 spiro atoms. The summed E-state index contributed by atoms with van der Waals surface area (Å²) in [5, 5.41) is 0. The smallest absolute Gasteiger partial charge is 0.133 e. The van der Waals surface area contributed by atoms with Gasteiger partial charge >= 0.3 is 0 Å². The van der Waals surface area contributed by atoms with Crippen molar-refractivity contribution >= 4 is 0 Å². The van der Waals surface area contributed by atoms with Gasteiger partial charge in [0.25, 0.3) is 0 Å². The maximum atomic E-state index is 13.1. The molecule has 0 N–H and O–H groups in total. The van der Waals surface area contributed by atoms with Gasteiger partial charge in [0.2, 0.25) is 0 Å². The van der Waals surface area contributed by atoms with Gasteiger partial charge in [-0.2, -0.15) is 0 Å². The predicted molar refractivity (Wildman–Crippen MR) is 76.1 cm³/mol. The first-order chi connectivity index (χ1) is 9.67. The average molecular weight is 276 g/mol. The minimum absolute atomic E-state index is 0.174. The fourth-order valence-corrected chi connectivity index (χ4v) is 2.07. The highest BCUT2D eigenvalue weighted by molar-refractivity contribution is 5.34. The third-order valence-corrected chi connectivity index (χ3v) is 3.04. The van der Waals surface area contributed by atoms with Crippen LogP contribution in [0.4, 0.5) is 8.78 Å². The number of unbranched alkanes of at least 4 members (excludes halogenated alkanes) is 2. The van der Waals surface area contributed by atoms with Crippen LogP contribution < -0.4 is 4.74 Å². The molecule has 0 atom stereocenters. The van der Waals surface area contributed by atoms with E-state index in [9.17, 15) is 8.78 Å². The molecule has 3 heteroatoms. The molecule has 0 saturated heterocycles. The Morgan fingerprint density at radius 2 is 1.65 bits per heavy atom. The summed E-state index contributed by atoms with van der Waals surface area (Å²) in [5.74, 6) is -0.504. The maximum absolute atomic E-state index is 13.1. The molecule has 106 valence electrons. The summed E-state index contributed by atoms with van der Waals surface area (Å²) < 4.78 is 31.7. The van der Waals surface area contributed by atoms with Crippen molar-refractivity contribution in [3.8, 4) is 11.5 Å². The minimum Gasteiger partial charge on any atom is -0.457 e. The lowest BCUT2D eigenvalue weighted by Gasteiger charge is -2.08. The van der Waals surface area contributed by atoms with E-state index in [1.54, 1.807) is 6.07 Å². The zero-order valence-corrected chi connectivity index (χ0v) is 11.5. The van der Waals surface area contributed by atoms with Crippen LogP contribution in [0.5, 0.6) is 11.5 Å². The first-order valence-electron chi connectivity index (χ1n) is 6.90. The van der Waals surface area contributed by atoms with Gasteiger partial charge in [-0.3, -0.25) is 0 Å². The zero-order valence-electron chi connectivity index (χ0n) is 11.5. The fourth-order valence-electron chi connectivity index (χ4n) is 2.07. The summed E-state index contributed by atoms with van der Waals surface area (Å²) >= 11 is 0. The van der Waals surface area contributed by atoms with Crippen LogP contribution in [-0.2, 0) is 6.42 Å². The SMILES string of the molecule is CCCCCc1cccc(Oc2cc(F)cc(F)c2)c1. The molecule has 0 saturated carbocycles. The first-order valence-corrected chi connectivity index (χ1v) is 6.90. The van der Waals surface area contributed by atoms with Gasteiger partial charge in [-0.25, -0.2) is 8.78 Å². The van der Waals surface area contributed by atoms with Crippen LogP contribution in [0.25, 0.3) is 0 Å². The summed E-state index contributed by atoms with van der Waals surface area (Å²) in [4.78, 5) is 0. The van der Waals surface area contributed by atoms with E-state index in [1.807, 2.05) is 18.2 Å². The lowest BCUT2D eigenvalue weighted by atomic mass is 10.1. The Balaban J connectivity index is 2.07. The van der Waals surface area contributed by atoms with E-state index in [0.29, 0.717) is 5.75 Å². The lowest BCUT2D eigenvalue weighted by Crippen LogP contribution is -1.90. The lowest BCUT2D eigenvalue weighted by molar-refractivity contribution is 0.467. The monoisotopic (exact) mass is 276 g/mol. The molecule has 0 fully saturated rings. The molecule has 2 aromatic rings. The normalized spacial score (nSPS) is 10.6. The molecular weight excluding hydrogens is 258 g/mol. The van der Waals surface area contributed by atoms with Crippen molar-refractivity contribution in [2.45, 2.75) is 32.6 Å². The molecule has 2 rings (SSSR count). The molecule has 0 aliphatic rings. The van der Waals surface area contributed by atoms with Crippen LogP contribution in [0, 0.1) is 11.6 Å². The number of rotatable bonds is 6. The van der Waals surface area contributed by atoms with E-state index in [4.69, 9.17) is 4.74 Å². The van der Waals surface area contributed by atoms with Crippen molar-refractivity contribution in [1.82, 2.24) is 0 Å². The van der Waals surface area contributed by atoms with Crippen LogP contribution in [-0.4, -0.2) is 0 Å². The first kappa shape index (κ1) is 14.5. The minimum atomic E-state index is -0.640. The van der Waals surface area contributed by atoms with Crippen molar-refractivity contribution in [2.24, 2.45) is 0 Å². The summed E-state index contributed by atoms with van der Waals surface area (Å²) in [6.45, 7) is 2.16. The number of aryl methyl sites for hydroxylation is 1. The van der Waals surface area contributed by atoms with Crippen molar-refractivity contribution < 1.29 is 13.5 Å². The van der Waals surface area contributed by atoms with Crippen LogP contribution in [0.15, 0.2) is 42.5 Å². The molecule has 20 heavy (non-hydrogen) atoms. The van der Waals surface area contributed by atoms with Gasteiger partial charge in [0, 0.05) is 18.2 Å². The topological polar surface area (TPSA) is 9.23 Å². The van der Waals surface area contributed by atoms with Crippen molar-refractivity contribution in [3.63, 3.8) is 0 Å². The Morgan fingerprint density at radius 3 is 2.35 bits per heavy atom. The van der Waals surface area contributed by atoms with Crippen molar-refractivity contribution in [1.29, 1.82) is 0 Å². The third kappa shape index (κ3) is 4.34. The highest BCUT2D eigenvalue weighted by atomic mass is 19.1. The van der Waals surface area contributed by atoms with Gasteiger partial charge in [-0.1, -0.05) is 31.9 Å². The highest BCUT2D eigenvalue weighted by Crippen LogP contribution is 2.24. The van der Waals surface area contributed by atoms with Crippen molar-refractivity contribution in [2.75, 3.05) is 0 Å². The Kier molecular flexibility index (Phi) is 5.10. The number of benzene rings is 2. The zero-order chi connectivity index (χ0) is 14.4. The summed E-state index contributed by atoms with van der Waals surface area (Å²) in [5.41, 5.74) is 1.17. The Labute approximate surface area is 118 Å². The largest absolute Gasteiger partial charge is 0.457 e. The van der Waals surface area contributed by atoms with E-state index in [1.165, 1.54) is 30.5 Å². The standard InChI is InChI=1S/C17H18F2O/c1-2-3-4-6-13-7-5-8-16(9-13)20-17-11-14(18)10-15(19)12-17/h5,7-12H,2-4,6H2,1H3. The summed E-state index contributed by atoms with van der Waals surface area (Å²) in [7, 11) is 0. The van der Waals surface area contributed by atoms with Gasteiger partial charge in [-0.05, 0) is 30.5 Å². The predicted octanol–water partition coefficient (Wildman–Crippen LogP) is 5.49. The highest BCUT2D eigenvalue weighted by Gasteiger charge is 2.04. The quantitative estimate of drug-likeness (QED) is 0.634. The van der Waals surface area contributed by atoms with E-state index in [2.05, 4.69) is 6.92 Å². The number of hydrogen-bond acceptors (Lipinski definition) is 1. The van der Waals surface area contributed by atoms with Crippen molar-refractivity contribution in [3.05, 3.63) is 59.7 Å². The molecule has 0 bridgehead atoms. The maximum Gasteiger partial charge on any atom is 0.133 e. The Hall–Kier alpha value is -1.90. The molecule has 2 aromatic carbocycles. The second kappa shape index (κ2) is 7.04. The molecule has 0 aliphatic carbocycles. The van der Waals surface area contributed by atoms with Gasteiger partial charge in [-0.15, -0.1) is 0 Å². The van der Waals surface area contributed by atoms with Gasteiger partial charge in [0.1, 0.15) is 23.1 Å². The summed E-state index contributed by atoms with van der Waals surface area (Å²) in [6, 6.07) is 10.8. The van der Waals surface area contributed by atoms with E-state index in [-0.39, 0.29) is 5.75 Å². The summed E-state index contributed by atoms with van der Waals surface area (Å²) in [6.07, 6.45) is 4.50. The van der Waals surface area contributed by atoms with E-state index >= 15 is 0 Å². The second-order valence-electron chi connectivity index (χ2n) is 4.81. The van der Waals surface area contributed by atoms with Gasteiger partial charge < -0.3 is 4.74 Å². The number of hydrogen-bond donors (Lipinski definition) is 0. The van der Waals surface area contributed by atoms with Crippen LogP contribution in [0.1, 0.15) is 31.7 Å². The molecule has 0 aliphatic heterocycles. The molecule has 0 aromatic heterocycles.